The number of hydrogen-bond acceptors (Lipinski definition) is 4. The van der Waals surface area contributed by atoms with Gasteiger partial charge < -0.3 is 19.9 Å². The van der Waals surface area contributed by atoms with Crippen LogP contribution in [-0.4, -0.2) is 35.9 Å². The Balaban J connectivity index is 2.04. The van der Waals surface area contributed by atoms with Crippen molar-refractivity contribution in [1.82, 2.24) is 5.32 Å². The van der Waals surface area contributed by atoms with Crippen LogP contribution >= 0.6 is 0 Å². The molecule has 1 heterocycles. The number of hydrogen-bond donors (Lipinski definition) is 2. The summed E-state index contributed by atoms with van der Waals surface area (Å²) >= 11 is 0. The SMILES string of the molecule is CCC(CCO)NC(=O)C1Oc2ccccc2OC1C. The molecule has 1 aliphatic heterocycles. The minimum atomic E-state index is -0.669. The molecule has 0 saturated heterocycles. The number of benzene rings is 1. The smallest absolute Gasteiger partial charge is 0.265 e. The quantitative estimate of drug-likeness (QED) is 0.857. The van der Waals surface area contributed by atoms with Crippen molar-refractivity contribution in [2.45, 2.75) is 44.9 Å². The lowest BCUT2D eigenvalue weighted by atomic mass is 10.1. The number of ether oxygens (including phenoxy) is 2. The first-order valence-corrected chi connectivity index (χ1v) is 6.99. The van der Waals surface area contributed by atoms with E-state index in [1.807, 2.05) is 32.0 Å². The molecule has 5 heteroatoms. The lowest BCUT2D eigenvalue weighted by molar-refractivity contribution is -0.134. The van der Waals surface area contributed by atoms with Crippen molar-refractivity contribution < 1.29 is 19.4 Å². The van der Waals surface area contributed by atoms with E-state index in [-0.39, 0.29) is 24.7 Å². The second kappa shape index (κ2) is 6.61. The van der Waals surface area contributed by atoms with Gasteiger partial charge in [-0.25, -0.2) is 0 Å². The van der Waals surface area contributed by atoms with Crippen LogP contribution in [-0.2, 0) is 4.79 Å². The van der Waals surface area contributed by atoms with Crippen molar-refractivity contribution in [2.24, 2.45) is 0 Å². The predicted octanol–water partition coefficient (Wildman–Crippen LogP) is 1.49. The number of nitrogens with one attached hydrogen (secondary N) is 1. The Morgan fingerprint density at radius 1 is 1.35 bits per heavy atom. The zero-order chi connectivity index (χ0) is 14.5. The molecule has 5 nitrogen and oxygen atoms in total. The number of aliphatic hydroxyl groups is 1. The fourth-order valence-electron chi connectivity index (χ4n) is 2.22. The molecule has 0 radical (unpaired) electrons. The second-order valence-electron chi connectivity index (χ2n) is 4.93. The summed E-state index contributed by atoms with van der Waals surface area (Å²) in [4.78, 5) is 12.3. The van der Waals surface area contributed by atoms with Crippen molar-refractivity contribution in [2.75, 3.05) is 6.61 Å². The average Bonchev–Trinajstić information content (AvgIpc) is 2.45. The minimum Gasteiger partial charge on any atom is -0.482 e. The fourth-order valence-corrected chi connectivity index (χ4v) is 2.22. The van der Waals surface area contributed by atoms with E-state index in [0.29, 0.717) is 17.9 Å². The zero-order valence-corrected chi connectivity index (χ0v) is 11.8. The van der Waals surface area contributed by atoms with Gasteiger partial charge in [-0.2, -0.15) is 0 Å². The van der Waals surface area contributed by atoms with Crippen molar-refractivity contribution in [1.29, 1.82) is 0 Å². The highest BCUT2D eigenvalue weighted by Gasteiger charge is 2.34. The van der Waals surface area contributed by atoms with E-state index >= 15 is 0 Å². The third-order valence-corrected chi connectivity index (χ3v) is 3.42. The van der Waals surface area contributed by atoms with Gasteiger partial charge >= 0.3 is 0 Å². The van der Waals surface area contributed by atoms with Crippen LogP contribution in [0, 0.1) is 0 Å². The monoisotopic (exact) mass is 279 g/mol. The first-order chi connectivity index (χ1) is 9.65. The lowest BCUT2D eigenvalue weighted by Gasteiger charge is -2.32. The molecule has 2 N–H and O–H groups in total. The van der Waals surface area contributed by atoms with Gasteiger partial charge in [0.05, 0.1) is 0 Å². The van der Waals surface area contributed by atoms with Crippen LogP contribution in [0.4, 0.5) is 0 Å². The van der Waals surface area contributed by atoms with Crippen LogP contribution in [0.2, 0.25) is 0 Å². The summed E-state index contributed by atoms with van der Waals surface area (Å²) in [7, 11) is 0. The summed E-state index contributed by atoms with van der Waals surface area (Å²) in [5, 5.41) is 11.9. The highest BCUT2D eigenvalue weighted by molar-refractivity contribution is 5.82. The van der Waals surface area contributed by atoms with Crippen molar-refractivity contribution in [3.63, 3.8) is 0 Å². The van der Waals surface area contributed by atoms with Crippen LogP contribution in [0.3, 0.4) is 0 Å². The zero-order valence-electron chi connectivity index (χ0n) is 11.8. The minimum absolute atomic E-state index is 0.0412. The molecule has 3 atom stereocenters. The third-order valence-electron chi connectivity index (χ3n) is 3.42. The van der Waals surface area contributed by atoms with Crippen molar-refractivity contribution >= 4 is 5.91 Å². The molecule has 0 saturated carbocycles. The number of carbonyl (C=O) groups excluding carboxylic acids is 1. The topological polar surface area (TPSA) is 67.8 Å². The van der Waals surface area contributed by atoms with Crippen molar-refractivity contribution in [3.8, 4) is 11.5 Å². The Labute approximate surface area is 118 Å². The Kier molecular flexibility index (Phi) is 4.84. The summed E-state index contributed by atoms with van der Waals surface area (Å²) in [6, 6.07) is 7.27. The van der Waals surface area contributed by atoms with Crippen LogP contribution in [0.1, 0.15) is 26.7 Å². The van der Waals surface area contributed by atoms with Crippen LogP contribution < -0.4 is 14.8 Å². The van der Waals surface area contributed by atoms with Crippen LogP contribution in [0.25, 0.3) is 0 Å². The lowest BCUT2D eigenvalue weighted by Crippen LogP contribution is -2.51. The molecule has 0 fully saturated rings. The van der Waals surface area contributed by atoms with Gasteiger partial charge in [-0.05, 0) is 31.9 Å². The van der Waals surface area contributed by atoms with Crippen LogP contribution in [0.5, 0.6) is 11.5 Å². The number of fused-ring (bicyclic) bond motifs is 1. The molecule has 1 aliphatic rings. The highest BCUT2D eigenvalue weighted by Crippen LogP contribution is 2.33. The van der Waals surface area contributed by atoms with E-state index in [0.717, 1.165) is 6.42 Å². The van der Waals surface area contributed by atoms with Gasteiger partial charge in [0.2, 0.25) is 6.10 Å². The summed E-state index contributed by atoms with van der Waals surface area (Å²) in [6.45, 7) is 3.84. The molecule has 3 unspecified atom stereocenters. The predicted molar refractivity (Wildman–Crippen MR) is 74.9 cm³/mol. The van der Waals surface area contributed by atoms with Gasteiger partial charge in [-0.3, -0.25) is 4.79 Å². The molecule has 0 aliphatic carbocycles. The van der Waals surface area contributed by atoms with Gasteiger partial charge in [0.15, 0.2) is 11.5 Å². The van der Waals surface area contributed by atoms with Crippen molar-refractivity contribution in [3.05, 3.63) is 24.3 Å². The van der Waals surface area contributed by atoms with E-state index in [1.165, 1.54) is 0 Å². The Bertz CT molecular complexity index is 463. The molecule has 0 aromatic heterocycles. The molecule has 110 valence electrons. The standard InChI is InChI=1S/C15H21NO4/c1-3-11(8-9-17)16-15(18)14-10(2)19-12-6-4-5-7-13(12)20-14/h4-7,10-11,14,17H,3,8-9H2,1-2H3,(H,16,18). The molecular formula is C15H21NO4. The van der Waals surface area contributed by atoms with E-state index in [2.05, 4.69) is 5.32 Å². The molecule has 2 rings (SSSR count). The first kappa shape index (κ1) is 14.7. The maximum atomic E-state index is 12.3. The van der Waals surface area contributed by atoms with Gasteiger partial charge in [-0.1, -0.05) is 19.1 Å². The molecule has 0 bridgehead atoms. The molecule has 0 spiro atoms. The Hall–Kier alpha value is -1.75. The van der Waals surface area contributed by atoms with E-state index in [1.54, 1.807) is 6.07 Å². The number of rotatable bonds is 5. The number of aliphatic hydroxyl groups excluding tert-OH is 1. The molecule has 1 aromatic carbocycles. The van der Waals surface area contributed by atoms with Crippen LogP contribution in [0.15, 0.2) is 24.3 Å². The number of carbonyl (C=O) groups is 1. The van der Waals surface area contributed by atoms with E-state index in [9.17, 15) is 4.79 Å². The summed E-state index contributed by atoms with van der Waals surface area (Å²) in [6.07, 6.45) is 0.292. The van der Waals surface area contributed by atoms with Gasteiger partial charge in [0.1, 0.15) is 6.10 Å². The van der Waals surface area contributed by atoms with Gasteiger partial charge in [0.25, 0.3) is 5.91 Å². The molecular weight excluding hydrogens is 258 g/mol. The largest absolute Gasteiger partial charge is 0.482 e. The maximum Gasteiger partial charge on any atom is 0.265 e. The third kappa shape index (κ3) is 3.22. The normalized spacial score (nSPS) is 22.1. The number of para-hydroxylation sites is 2. The summed E-state index contributed by atoms with van der Waals surface area (Å²) in [5.74, 6) is 1.04. The van der Waals surface area contributed by atoms with Gasteiger partial charge in [0, 0.05) is 12.6 Å². The maximum absolute atomic E-state index is 12.3. The first-order valence-electron chi connectivity index (χ1n) is 6.99. The van der Waals surface area contributed by atoms with E-state index in [4.69, 9.17) is 14.6 Å². The molecule has 20 heavy (non-hydrogen) atoms. The average molecular weight is 279 g/mol. The molecule has 1 aromatic rings. The molecule has 1 amide bonds. The Morgan fingerprint density at radius 3 is 2.60 bits per heavy atom. The fraction of sp³-hybridized carbons (Fsp3) is 0.533. The number of amides is 1. The van der Waals surface area contributed by atoms with Gasteiger partial charge in [-0.15, -0.1) is 0 Å². The van der Waals surface area contributed by atoms with E-state index < -0.39 is 6.10 Å². The summed E-state index contributed by atoms with van der Waals surface area (Å²) < 4.78 is 11.4. The summed E-state index contributed by atoms with van der Waals surface area (Å²) in [5.41, 5.74) is 0. The Morgan fingerprint density at radius 2 is 2.00 bits per heavy atom. The highest BCUT2D eigenvalue weighted by atomic mass is 16.6. The second-order valence-corrected chi connectivity index (χ2v) is 4.93.